The lowest BCUT2D eigenvalue weighted by atomic mass is 9.94. The van der Waals surface area contributed by atoms with Crippen molar-refractivity contribution < 1.29 is 15.0 Å². The van der Waals surface area contributed by atoms with Crippen LogP contribution in [0.25, 0.3) is 0 Å². The molecule has 0 radical (unpaired) electrons. The summed E-state index contributed by atoms with van der Waals surface area (Å²) in [6.45, 7) is 15.7. The van der Waals surface area contributed by atoms with E-state index in [-0.39, 0.29) is 24.2 Å². The van der Waals surface area contributed by atoms with E-state index in [4.69, 9.17) is 10.2 Å². The molecule has 0 amide bonds. The zero-order chi connectivity index (χ0) is 18.3. The lowest BCUT2D eigenvalue weighted by Crippen LogP contribution is -2.18. The van der Waals surface area contributed by atoms with Gasteiger partial charge in [0.05, 0.1) is 0 Å². The Labute approximate surface area is 137 Å². The first-order valence-electron chi connectivity index (χ1n) is 7.89. The molecule has 130 valence electrons. The molecule has 3 heteroatoms. The highest BCUT2D eigenvalue weighted by atomic mass is 16.3. The Morgan fingerprint density at radius 2 is 1.50 bits per heavy atom. The number of rotatable bonds is 3. The number of carbonyl (C=O) groups excluding carboxylic acids is 1. The highest BCUT2D eigenvalue weighted by Gasteiger charge is 2.14. The SMILES string of the molecule is CC.CC(=O)C(C)C(C)CO.CO.Cc1ccc(C)c(C)c1. The first kappa shape index (κ1) is 25.7. The van der Waals surface area contributed by atoms with Crippen LogP contribution in [0.3, 0.4) is 0 Å². The van der Waals surface area contributed by atoms with Gasteiger partial charge in [-0.15, -0.1) is 0 Å². The van der Waals surface area contributed by atoms with Gasteiger partial charge in [-0.25, -0.2) is 0 Å². The van der Waals surface area contributed by atoms with Gasteiger partial charge in [0.1, 0.15) is 5.78 Å². The smallest absolute Gasteiger partial charge is 0.132 e. The minimum Gasteiger partial charge on any atom is -0.400 e. The van der Waals surface area contributed by atoms with E-state index in [1.54, 1.807) is 6.92 Å². The van der Waals surface area contributed by atoms with Crippen LogP contribution < -0.4 is 0 Å². The van der Waals surface area contributed by atoms with E-state index in [0.717, 1.165) is 7.11 Å². The van der Waals surface area contributed by atoms with Crippen molar-refractivity contribution in [3.63, 3.8) is 0 Å². The predicted octanol–water partition coefficient (Wildman–Crippen LogP) is 4.09. The fourth-order valence-electron chi connectivity index (χ4n) is 1.45. The first-order valence-corrected chi connectivity index (χ1v) is 7.89. The van der Waals surface area contributed by atoms with E-state index in [1.807, 2.05) is 27.7 Å². The van der Waals surface area contributed by atoms with Gasteiger partial charge >= 0.3 is 0 Å². The summed E-state index contributed by atoms with van der Waals surface area (Å²) in [5.74, 6) is 0.244. The van der Waals surface area contributed by atoms with Crippen LogP contribution in [0.2, 0.25) is 0 Å². The predicted molar refractivity (Wildman–Crippen MR) is 96.2 cm³/mol. The number of aryl methyl sites for hydroxylation is 3. The van der Waals surface area contributed by atoms with Crippen LogP contribution in [0.5, 0.6) is 0 Å². The summed E-state index contributed by atoms with van der Waals surface area (Å²) in [7, 11) is 1.00. The van der Waals surface area contributed by atoms with Crippen molar-refractivity contribution in [2.45, 2.75) is 55.4 Å². The van der Waals surface area contributed by atoms with Crippen molar-refractivity contribution in [3.8, 4) is 0 Å². The third-order valence-electron chi connectivity index (χ3n) is 3.45. The largest absolute Gasteiger partial charge is 0.400 e. The van der Waals surface area contributed by atoms with Crippen LogP contribution in [0.15, 0.2) is 18.2 Å². The third-order valence-corrected chi connectivity index (χ3v) is 3.45. The van der Waals surface area contributed by atoms with Gasteiger partial charge in [0.15, 0.2) is 0 Å². The summed E-state index contributed by atoms with van der Waals surface area (Å²) in [6.07, 6.45) is 0. The van der Waals surface area contributed by atoms with Crippen LogP contribution in [-0.2, 0) is 4.79 Å². The van der Waals surface area contributed by atoms with E-state index in [1.165, 1.54) is 16.7 Å². The molecule has 0 saturated heterocycles. The van der Waals surface area contributed by atoms with Gasteiger partial charge in [-0.2, -0.15) is 0 Å². The molecule has 0 bridgehead atoms. The first-order chi connectivity index (χ1) is 10.3. The average molecular weight is 312 g/mol. The zero-order valence-corrected chi connectivity index (χ0v) is 15.9. The van der Waals surface area contributed by atoms with Crippen molar-refractivity contribution in [3.05, 3.63) is 34.9 Å². The second kappa shape index (κ2) is 16.2. The number of aliphatic hydroxyl groups is 2. The van der Waals surface area contributed by atoms with E-state index >= 15 is 0 Å². The fraction of sp³-hybridized carbons (Fsp3) is 0.632. The topological polar surface area (TPSA) is 57.5 Å². The second-order valence-electron chi connectivity index (χ2n) is 5.15. The number of carbonyl (C=O) groups is 1. The van der Waals surface area contributed by atoms with E-state index in [0.29, 0.717) is 0 Å². The summed E-state index contributed by atoms with van der Waals surface area (Å²) in [5, 5.41) is 15.6. The molecule has 0 fully saturated rings. The van der Waals surface area contributed by atoms with E-state index in [9.17, 15) is 4.79 Å². The lowest BCUT2D eigenvalue weighted by Gasteiger charge is -2.12. The van der Waals surface area contributed by atoms with Crippen LogP contribution >= 0.6 is 0 Å². The maximum atomic E-state index is 10.6. The number of aliphatic hydroxyl groups excluding tert-OH is 2. The van der Waals surface area contributed by atoms with Gasteiger partial charge < -0.3 is 10.2 Å². The Morgan fingerprint density at radius 3 is 1.73 bits per heavy atom. The molecule has 0 heterocycles. The van der Waals surface area contributed by atoms with Crippen molar-refractivity contribution >= 4 is 5.78 Å². The van der Waals surface area contributed by atoms with Crippen LogP contribution in [0, 0.1) is 32.6 Å². The second-order valence-corrected chi connectivity index (χ2v) is 5.15. The number of Topliss-reactive ketones (excluding diaryl/α,β-unsaturated/α-hetero) is 1. The highest BCUT2D eigenvalue weighted by molar-refractivity contribution is 5.78. The standard InChI is InChI=1S/C9H12.C7H14O2.C2H6.CH4O/c1-7-4-5-8(2)9(3)6-7;1-5(4-8)6(2)7(3)9;2*1-2/h4-6H,1-3H3;5-6,8H,4H2,1-3H3;1-2H3;2H,1H3. The molecule has 2 N–H and O–H groups in total. The maximum Gasteiger partial charge on any atom is 0.132 e. The van der Waals surface area contributed by atoms with Gasteiger partial charge in [0, 0.05) is 19.6 Å². The Bertz CT molecular complexity index is 386. The molecule has 1 aromatic rings. The molecule has 0 aliphatic carbocycles. The summed E-state index contributed by atoms with van der Waals surface area (Å²) >= 11 is 0. The van der Waals surface area contributed by atoms with Crippen molar-refractivity contribution in [2.24, 2.45) is 11.8 Å². The fourth-order valence-corrected chi connectivity index (χ4v) is 1.45. The molecular weight excluding hydrogens is 276 g/mol. The van der Waals surface area contributed by atoms with Crippen LogP contribution in [0.4, 0.5) is 0 Å². The normalized spacial score (nSPS) is 11.4. The molecule has 2 atom stereocenters. The monoisotopic (exact) mass is 312 g/mol. The van der Waals surface area contributed by atoms with Gasteiger partial charge in [0.2, 0.25) is 0 Å². The molecular formula is C19H36O3. The number of ketones is 1. The van der Waals surface area contributed by atoms with E-state index in [2.05, 4.69) is 39.0 Å². The molecule has 0 spiro atoms. The molecule has 0 saturated carbocycles. The van der Waals surface area contributed by atoms with Crippen molar-refractivity contribution in [2.75, 3.05) is 13.7 Å². The summed E-state index contributed by atoms with van der Waals surface area (Å²) < 4.78 is 0. The molecule has 3 nitrogen and oxygen atoms in total. The lowest BCUT2D eigenvalue weighted by molar-refractivity contribution is -0.122. The molecule has 1 aromatic carbocycles. The molecule has 1 rings (SSSR count). The Kier molecular flexibility index (Phi) is 18.9. The molecule has 22 heavy (non-hydrogen) atoms. The number of benzene rings is 1. The Hall–Kier alpha value is -1.19. The summed E-state index contributed by atoms with van der Waals surface area (Å²) in [4.78, 5) is 10.6. The van der Waals surface area contributed by atoms with Crippen molar-refractivity contribution in [1.82, 2.24) is 0 Å². The Morgan fingerprint density at radius 1 is 1.05 bits per heavy atom. The van der Waals surface area contributed by atoms with Gasteiger partial charge in [-0.1, -0.05) is 51.5 Å². The summed E-state index contributed by atoms with van der Waals surface area (Å²) in [5.41, 5.74) is 4.11. The third kappa shape index (κ3) is 12.5. The molecule has 0 aromatic heterocycles. The van der Waals surface area contributed by atoms with Gasteiger partial charge in [0.25, 0.3) is 0 Å². The van der Waals surface area contributed by atoms with Crippen LogP contribution in [-0.4, -0.2) is 29.7 Å². The zero-order valence-electron chi connectivity index (χ0n) is 15.9. The highest BCUT2D eigenvalue weighted by Crippen LogP contribution is 2.10. The quantitative estimate of drug-likeness (QED) is 0.884. The van der Waals surface area contributed by atoms with Crippen molar-refractivity contribution in [1.29, 1.82) is 0 Å². The maximum absolute atomic E-state index is 10.6. The van der Waals surface area contributed by atoms with Crippen LogP contribution in [0.1, 0.15) is 51.3 Å². The minimum absolute atomic E-state index is 0.00463. The molecule has 2 unspecified atom stereocenters. The average Bonchev–Trinajstić information content (AvgIpc) is 2.54. The molecule has 0 aliphatic rings. The van der Waals surface area contributed by atoms with Gasteiger partial charge in [-0.05, 0) is 44.7 Å². The number of hydrogen-bond acceptors (Lipinski definition) is 3. The summed E-state index contributed by atoms with van der Waals surface area (Å²) in [6, 6.07) is 6.50. The Balaban J connectivity index is -0.000000267. The molecule has 0 aliphatic heterocycles. The number of hydrogen-bond donors (Lipinski definition) is 2. The minimum atomic E-state index is -0.00463. The van der Waals surface area contributed by atoms with Gasteiger partial charge in [-0.3, -0.25) is 4.79 Å². The van der Waals surface area contributed by atoms with E-state index < -0.39 is 0 Å².